The van der Waals surface area contributed by atoms with Crippen LogP contribution < -0.4 is 4.74 Å². The van der Waals surface area contributed by atoms with Gasteiger partial charge in [-0.05, 0) is 30.7 Å². The minimum Gasteiger partial charge on any atom is -0.494 e. The third-order valence-corrected chi connectivity index (χ3v) is 4.44. The number of benzene rings is 1. The second kappa shape index (κ2) is 6.25. The van der Waals surface area contributed by atoms with Crippen molar-refractivity contribution in [3.05, 3.63) is 28.7 Å². The minimum atomic E-state index is -2.87. The summed E-state index contributed by atoms with van der Waals surface area (Å²) in [5.41, 5.74) is 0. The first-order valence-corrected chi connectivity index (χ1v) is 7.74. The molecule has 1 rings (SSSR count). The maximum atomic E-state index is 11.2. The molecule has 0 N–H and O–H groups in total. The minimum absolute atomic E-state index is 0.194. The molecule has 1 aromatic carbocycles. The molecule has 16 heavy (non-hydrogen) atoms. The zero-order valence-corrected chi connectivity index (χ0v) is 11.6. The highest BCUT2D eigenvalue weighted by molar-refractivity contribution is 9.10. The van der Waals surface area contributed by atoms with Crippen molar-refractivity contribution < 1.29 is 13.2 Å². The summed E-state index contributed by atoms with van der Waals surface area (Å²) < 4.78 is 28.8. The van der Waals surface area contributed by atoms with E-state index in [2.05, 4.69) is 15.9 Å². The smallest absolute Gasteiger partial charge is 0.150 e. The summed E-state index contributed by atoms with van der Waals surface area (Å²) in [7, 11) is -2.87. The molecular formula is C11H15BrO3S. The summed E-state index contributed by atoms with van der Waals surface area (Å²) in [5.74, 6) is 1.16. The Labute approximate surface area is 105 Å². The van der Waals surface area contributed by atoms with Crippen LogP contribution in [0.1, 0.15) is 13.3 Å². The Morgan fingerprint density at radius 2 is 1.88 bits per heavy atom. The van der Waals surface area contributed by atoms with Gasteiger partial charge in [0, 0.05) is 10.2 Å². The third-order valence-electron chi connectivity index (χ3n) is 2.12. The van der Waals surface area contributed by atoms with Gasteiger partial charge < -0.3 is 4.74 Å². The quantitative estimate of drug-likeness (QED) is 0.759. The average molecular weight is 307 g/mol. The topological polar surface area (TPSA) is 43.4 Å². The lowest BCUT2D eigenvalue weighted by atomic mass is 10.3. The van der Waals surface area contributed by atoms with Crippen LogP contribution in [0.3, 0.4) is 0 Å². The van der Waals surface area contributed by atoms with E-state index in [1.54, 1.807) is 6.92 Å². The molecule has 0 aliphatic carbocycles. The van der Waals surface area contributed by atoms with E-state index in [0.717, 1.165) is 10.2 Å². The highest BCUT2D eigenvalue weighted by atomic mass is 79.9. The van der Waals surface area contributed by atoms with E-state index < -0.39 is 9.84 Å². The van der Waals surface area contributed by atoms with Gasteiger partial charge in [-0.3, -0.25) is 0 Å². The molecule has 1 aromatic rings. The van der Waals surface area contributed by atoms with Crippen LogP contribution >= 0.6 is 15.9 Å². The number of rotatable bonds is 6. The van der Waals surface area contributed by atoms with E-state index in [0.29, 0.717) is 13.0 Å². The molecule has 0 aromatic heterocycles. The third kappa shape index (κ3) is 4.99. The van der Waals surface area contributed by atoms with E-state index in [1.165, 1.54) is 0 Å². The van der Waals surface area contributed by atoms with Gasteiger partial charge in [-0.15, -0.1) is 0 Å². The Bertz CT molecular complexity index is 411. The lowest BCUT2D eigenvalue weighted by Crippen LogP contribution is -2.11. The molecule has 0 heterocycles. The first-order valence-electron chi connectivity index (χ1n) is 5.12. The summed E-state index contributed by atoms with van der Waals surface area (Å²) in [6.45, 7) is 2.09. The van der Waals surface area contributed by atoms with Gasteiger partial charge in [0.25, 0.3) is 0 Å². The van der Waals surface area contributed by atoms with Gasteiger partial charge in [-0.1, -0.05) is 22.9 Å². The number of sulfone groups is 1. The van der Waals surface area contributed by atoms with E-state index in [9.17, 15) is 8.42 Å². The monoisotopic (exact) mass is 306 g/mol. The molecule has 5 heteroatoms. The second-order valence-corrected chi connectivity index (χ2v) is 6.78. The standard InChI is InChI=1S/C11H15BrO3S/c1-2-16(13,14)9-3-8-15-11-6-4-10(12)5-7-11/h4-7H,2-3,8-9H2,1H3. The van der Waals surface area contributed by atoms with Crippen LogP contribution in [0.15, 0.2) is 28.7 Å². The van der Waals surface area contributed by atoms with Gasteiger partial charge in [-0.2, -0.15) is 0 Å². The number of hydrogen-bond donors (Lipinski definition) is 0. The molecule has 0 amide bonds. The van der Waals surface area contributed by atoms with E-state index in [-0.39, 0.29) is 11.5 Å². The lowest BCUT2D eigenvalue weighted by molar-refractivity contribution is 0.317. The fraction of sp³-hybridized carbons (Fsp3) is 0.455. The van der Waals surface area contributed by atoms with Crippen LogP contribution in [0.4, 0.5) is 0 Å². The molecule has 0 aliphatic heterocycles. The SMILES string of the molecule is CCS(=O)(=O)CCCOc1ccc(Br)cc1. The average Bonchev–Trinajstić information content (AvgIpc) is 2.27. The Hall–Kier alpha value is -0.550. The first kappa shape index (κ1) is 13.5. The Balaban J connectivity index is 2.29. The largest absolute Gasteiger partial charge is 0.494 e. The van der Waals surface area contributed by atoms with Crippen molar-refractivity contribution in [3.63, 3.8) is 0 Å². The number of hydrogen-bond acceptors (Lipinski definition) is 3. The van der Waals surface area contributed by atoms with Crippen LogP contribution in [-0.4, -0.2) is 26.5 Å². The van der Waals surface area contributed by atoms with Gasteiger partial charge in [0.15, 0.2) is 0 Å². The van der Waals surface area contributed by atoms with E-state index in [4.69, 9.17) is 4.74 Å². The van der Waals surface area contributed by atoms with E-state index in [1.807, 2.05) is 24.3 Å². The first-order chi connectivity index (χ1) is 7.53. The molecule has 0 spiro atoms. The van der Waals surface area contributed by atoms with Crippen LogP contribution in [0.25, 0.3) is 0 Å². The highest BCUT2D eigenvalue weighted by Crippen LogP contribution is 2.16. The van der Waals surface area contributed by atoms with Crippen molar-refractivity contribution in [3.8, 4) is 5.75 Å². The van der Waals surface area contributed by atoms with Crippen molar-refractivity contribution in [2.75, 3.05) is 18.1 Å². The molecule has 0 saturated carbocycles. The Morgan fingerprint density at radius 1 is 1.25 bits per heavy atom. The molecule has 0 saturated heterocycles. The zero-order valence-electron chi connectivity index (χ0n) is 9.15. The fourth-order valence-electron chi connectivity index (χ4n) is 1.14. The summed E-state index contributed by atoms with van der Waals surface area (Å²) in [6.07, 6.45) is 0.534. The van der Waals surface area contributed by atoms with Gasteiger partial charge in [0.05, 0.1) is 12.4 Å². The van der Waals surface area contributed by atoms with Crippen LogP contribution in [0.5, 0.6) is 5.75 Å². The number of ether oxygens (including phenoxy) is 1. The van der Waals surface area contributed by atoms with Gasteiger partial charge in [0.1, 0.15) is 15.6 Å². The molecule has 0 unspecified atom stereocenters. The maximum absolute atomic E-state index is 11.2. The molecule has 90 valence electrons. The Kier molecular flexibility index (Phi) is 5.28. The van der Waals surface area contributed by atoms with Crippen LogP contribution in [0.2, 0.25) is 0 Å². The van der Waals surface area contributed by atoms with Crippen molar-refractivity contribution in [2.45, 2.75) is 13.3 Å². The molecular weight excluding hydrogens is 292 g/mol. The predicted molar refractivity (Wildman–Crippen MR) is 68.6 cm³/mol. The zero-order chi connectivity index (χ0) is 12.0. The molecule has 0 bridgehead atoms. The van der Waals surface area contributed by atoms with Crippen molar-refractivity contribution in [2.24, 2.45) is 0 Å². The molecule has 0 aliphatic rings. The van der Waals surface area contributed by atoms with Crippen molar-refractivity contribution in [1.82, 2.24) is 0 Å². The summed E-state index contributed by atoms with van der Waals surface area (Å²) in [4.78, 5) is 0. The van der Waals surface area contributed by atoms with E-state index >= 15 is 0 Å². The molecule has 0 atom stereocenters. The second-order valence-electron chi connectivity index (χ2n) is 3.39. The normalized spacial score (nSPS) is 11.4. The fourth-order valence-corrected chi connectivity index (χ4v) is 2.25. The van der Waals surface area contributed by atoms with Crippen molar-refractivity contribution >= 4 is 25.8 Å². The number of halogens is 1. The summed E-state index contributed by atoms with van der Waals surface area (Å²) in [5, 5.41) is 0. The van der Waals surface area contributed by atoms with Crippen molar-refractivity contribution in [1.29, 1.82) is 0 Å². The lowest BCUT2D eigenvalue weighted by Gasteiger charge is -2.05. The molecule has 0 fully saturated rings. The molecule has 0 radical (unpaired) electrons. The molecule has 3 nitrogen and oxygen atoms in total. The van der Waals surface area contributed by atoms with Crippen LogP contribution in [0, 0.1) is 0 Å². The van der Waals surface area contributed by atoms with Gasteiger partial charge >= 0.3 is 0 Å². The highest BCUT2D eigenvalue weighted by Gasteiger charge is 2.06. The van der Waals surface area contributed by atoms with Gasteiger partial charge in [-0.25, -0.2) is 8.42 Å². The predicted octanol–water partition coefficient (Wildman–Crippen LogP) is 2.65. The Morgan fingerprint density at radius 3 is 2.44 bits per heavy atom. The maximum Gasteiger partial charge on any atom is 0.150 e. The van der Waals surface area contributed by atoms with Gasteiger partial charge in [0.2, 0.25) is 0 Å². The van der Waals surface area contributed by atoms with Crippen LogP contribution in [-0.2, 0) is 9.84 Å². The summed E-state index contributed by atoms with van der Waals surface area (Å²) in [6, 6.07) is 7.47. The summed E-state index contributed by atoms with van der Waals surface area (Å²) >= 11 is 3.33.